The van der Waals surface area contributed by atoms with Gasteiger partial charge in [0.15, 0.2) is 0 Å². The Morgan fingerprint density at radius 3 is 2.59 bits per heavy atom. The molecule has 0 heterocycles. The van der Waals surface area contributed by atoms with Crippen LogP contribution in [0.1, 0.15) is 33.6 Å². The Kier molecular flexibility index (Phi) is 4.56. The summed E-state index contributed by atoms with van der Waals surface area (Å²) in [7, 11) is 0. The molecule has 0 amide bonds. The van der Waals surface area contributed by atoms with Gasteiger partial charge < -0.3 is 10.2 Å². The Bertz CT molecular complexity index is 297. The molecule has 1 aliphatic carbocycles. The van der Waals surface area contributed by atoms with Crippen molar-refractivity contribution >= 4 is 0 Å². The third-order valence-corrected chi connectivity index (χ3v) is 4.53. The lowest BCUT2D eigenvalue weighted by atomic mass is 9.59. The SMILES string of the molecule is C=C[C@@]1(C)C[C@@H](O)[C@@H]([C@H](C)CO)C[C@H]1C(=C)C. The molecule has 98 valence electrons. The van der Waals surface area contributed by atoms with E-state index in [1.807, 2.05) is 19.9 Å². The van der Waals surface area contributed by atoms with Crippen LogP contribution in [0.25, 0.3) is 0 Å². The first-order valence-electron chi connectivity index (χ1n) is 6.43. The van der Waals surface area contributed by atoms with E-state index in [0.29, 0.717) is 12.3 Å². The summed E-state index contributed by atoms with van der Waals surface area (Å²) in [5.74, 6) is 0.651. The van der Waals surface area contributed by atoms with Crippen LogP contribution in [0.5, 0.6) is 0 Å². The lowest BCUT2D eigenvalue weighted by Crippen LogP contribution is -2.44. The van der Waals surface area contributed by atoms with Crippen molar-refractivity contribution in [2.75, 3.05) is 6.61 Å². The largest absolute Gasteiger partial charge is 0.396 e. The van der Waals surface area contributed by atoms with E-state index < -0.39 is 0 Å². The molecular formula is C15H26O2. The second-order valence-corrected chi connectivity index (χ2v) is 5.94. The first-order chi connectivity index (χ1) is 7.85. The van der Waals surface area contributed by atoms with Gasteiger partial charge in [-0.2, -0.15) is 0 Å². The molecule has 0 spiro atoms. The van der Waals surface area contributed by atoms with E-state index in [2.05, 4.69) is 20.1 Å². The quantitative estimate of drug-likeness (QED) is 0.739. The molecule has 0 aliphatic heterocycles. The van der Waals surface area contributed by atoms with Gasteiger partial charge in [0.05, 0.1) is 6.10 Å². The van der Waals surface area contributed by atoms with Crippen LogP contribution in [0.2, 0.25) is 0 Å². The summed E-state index contributed by atoms with van der Waals surface area (Å²) in [6.45, 7) is 14.3. The third kappa shape index (κ3) is 2.80. The highest BCUT2D eigenvalue weighted by Gasteiger charge is 2.44. The van der Waals surface area contributed by atoms with Crippen LogP contribution in [-0.2, 0) is 0 Å². The third-order valence-electron chi connectivity index (χ3n) is 4.53. The van der Waals surface area contributed by atoms with Gasteiger partial charge >= 0.3 is 0 Å². The Balaban J connectivity index is 2.94. The van der Waals surface area contributed by atoms with E-state index in [1.165, 1.54) is 0 Å². The Morgan fingerprint density at radius 2 is 2.18 bits per heavy atom. The van der Waals surface area contributed by atoms with Crippen LogP contribution in [-0.4, -0.2) is 22.9 Å². The summed E-state index contributed by atoms with van der Waals surface area (Å²) in [5, 5.41) is 19.5. The maximum Gasteiger partial charge on any atom is 0.0580 e. The number of hydrogen-bond donors (Lipinski definition) is 2. The van der Waals surface area contributed by atoms with Crippen LogP contribution >= 0.6 is 0 Å². The molecule has 1 rings (SSSR count). The molecule has 0 aromatic heterocycles. The minimum absolute atomic E-state index is 0.0725. The standard InChI is InChI=1S/C15H26O2/c1-6-15(5)8-14(17)12(11(4)9-16)7-13(15)10(2)3/h6,11-14,16-17H,1-2,7-9H2,3-5H3/t11-,12-,13+,14-,15+/m1/s1. The number of aliphatic hydroxyl groups excluding tert-OH is 2. The molecule has 0 bridgehead atoms. The molecule has 2 N–H and O–H groups in total. The summed E-state index contributed by atoms with van der Waals surface area (Å²) in [6.07, 6.45) is 3.20. The number of rotatable bonds is 4. The number of allylic oxidation sites excluding steroid dienone is 2. The number of aliphatic hydroxyl groups is 2. The lowest BCUT2D eigenvalue weighted by Gasteiger charge is -2.47. The van der Waals surface area contributed by atoms with Gasteiger partial charge in [-0.15, -0.1) is 6.58 Å². The zero-order valence-corrected chi connectivity index (χ0v) is 11.3. The van der Waals surface area contributed by atoms with Crippen LogP contribution < -0.4 is 0 Å². The molecule has 0 unspecified atom stereocenters. The fraction of sp³-hybridized carbons (Fsp3) is 0.733. The second-order valence-electron chi connectivity index (χ2n) is 5.94. The molecule has 2 heteroatoms. The van der Waals surface area contributed by atoms with Crippen molar-refractivity contribution in [3.63, 3.8) is 0 Å². The zero-order valence-electron chi connectivity index (χ0n) is 11.3. The van der Waals surface area contributed by atoms with Crippen LogP contribution in [0.15, 0.2) is 24.8 Å². The summed E-state index contributed by atoms with van der Waals surface area (Å²) in [5.41, 5.74) is 1.08. The van der Waals surface area contributed by atoms with E-state index in [4.69, 9.17) is 0 Å². The molecule has 5 atom stereocenters. The molecular weight excluding hydrogens is 212 g/mol. The van der Waals surface area contributed by atoms with Gasteiger partial charge in [0.25, 0.3) is 0 Å². The Morgan fingerprint density at radius 1 is 1.59 bits per heavy atom. The van der Waals surface area contributed by atoms with Gasteiger partial charge in [0, 0.05) is 6.61 Å². The Hall–Kier alpha value is -0.600. The van der Waals surface area contributed by atoms with Gasteiger partial charge in [-0.3, -0.25) is 0 Å². The van der Waals surface area contributed by atoms with Crippen LogP contribution in [0.3, 0.4) is 0 Å². The van der Waals surface area contributed by atoms with E-state index >= 15 is 0 Å². The van der Waals surface area contributed by atoms with Crippen LogP contribution in [0, 0.1) is 23.2 Å². The highest BCUT2D eigenvalue weighted by molar-refractivity contribution is 5.13. The molecule has 0 radical (unpaired) electrons. The first kappa shape index (κ1) is 14.5. The zero-order chi connectivity index (χ0) is 13.2. The smallest absolute Gasteiger partial charge is 0.0580 e. The van der Waals surface area contributed by atoms with Gasteiger partial charge in [-0.1, -0.05) is 32.1 Å². The van der Waals surface area contributed by atoms with Crippen molar-refractivity contribution < 1.29 is 10.2 Å². The molecule has 1 fully saturated rings. The van der Waals surface area contributed by atoms with Gasteiger partial charge in [-0.25, -0.2) is 0 Å². The van der Waals surface area contributed by atoms with E-state index in [1.54, 1.807) is 0 Å². The molecule has 0 saturated heterocycles. The molecule has 0 aromatic rings. The fourth-order valence-electron chi connectivity index (χ4n) is 3.18. The summed E-state index contributed by atoms with van der Waals surface area (Å²) < 4.78 is 0. The maximum atomic E-state index is 10.2. The maximum absolute atomic E-state index is 10.2. The predicted molar refractivity (Wildman–Crippen MR) is 71.6 cm³/mol. The van der Waals surface area contributed by atoms with Crippen molar-refractivity contribution in [2.24, 2.45) is 23.2 Å². The Labute approximate surface area is 105 Å². The molecule has 2 nitrogen and oxygen atoms in total. The van der Waals surface area contributed by atoms with Crippen molar-refractivity contribution in [1.29, 1.82) is 0 Å². The molecule has 17 heavy (non-hydrogen) atoms. The highest BCUT2D eigenvalue weighted by atomic mass is 16.3. The lowest BCUT2D eigenvalue weighted by molar-refractivity contribution is -0.0303. The van der Waals surface area contributed by atoms with Gasteiger partial charge in [0.1, 0.15) is 0 Å². The summed E-state index contributed by atoms with van der Waals surface area (Å²) in [4.78, 5) is 0. The minimum Gasteiger partial charge on any atom is -0.396 e. The van der Waals surface area contributed by atoms with Crippen molar-refractivity contribution in [3.8, 4) is 0 Å². The summed E-state index contributed by atoms with van der Waals surface area (Å²) >= 11 is 0. The van der Waals surface area contributed by atoms with Crippen LogP contribution in [0.4, 0.5) is 0 Å². The first-order valence-corrected chi connectivity index (χ1v) is 6.43. The van der Waals surface area contributed by atoms with E-state index in [-0.39, 0.29) is 30.0 Å². The van der Waals surface area contributed by atoms with Gasteiger partial charge in [0.2, 0.25) is 0 Å². The van der Waals surface area contributed by atoms with Crippen molar-refractivity contribution in [3.05, 3.63) is 24.8 Å². The fourth-order valence-corrected chi connectivity index (χ4v) is 3.18. The van der Waals surface area contributed by atoms with E-state index in [9.17, 15) is 10.2 Å². The summed E-state index contributed by atoms with van der Waals surface area (Å²) in [6, 6.07) is 0. The van der Waals surface area contributed by atoms with E-state index in [0.717, 1.165) is 12.0 Å². The number of hydrogen-bond acceptors (Lipinski definition) is 2. The topological polar surface area (TPSA) is 40.5 Å². The van der Waals surface area contributed by atoms with Gasteiger partial charge in [-0.05, 0) is 42.9 Å². The predicted octanol–water partition coefficient (Wildman–Crippen LogP) is 2.77. The average Bonchev–Trinajstić information content (AvgIpc) is 2.27. The normalized spacial score (nSPS) is 39.7. The average molecular weight is 238 g/mol. The highest BCUT2D eigenvalue weighted by Crippen LogP contribution is 2.48. The molecule has 0 aromatic carbocycles. The molecule has 1 aliphatic rings. The monoisotopic (exact) mass is 238 g/mol. The second kappa shape index (κ2) is 5.36. The molecule has 1 saturated carbocycles. The van der Waals surface area contributed by atoms with Crippen molar-refractivity contribution in [2.45, 2.75) is 39.7 Å². The minimum atomic E-state index is -0.351. The van der Waals surface area contributed by atoms with Crippen molar-refractivity contribution in [1.82, 2.24) is 0 Å².